The topological polar surface area (TPSA) is 136 Å². The Morgan fingerprint density at radius 1 is 1.43 bits per heavy atom. The summed E-state index contributed by atoms with van der Waals surface area (Å²) in [4.78, 5) is 24.5. The fourth-order valence-corrected chi connectivity index (χ4v) is 5.14. The highest BCUT2D eigenvalue weighted by molar-refractivity contribution is 9.10. The van der Waals surface area contributed by atoms with Gasteiger partial charge in [-0.2, -0.15) is 9.97 Å². The Hall–Kier alpha value is -2.52. The molecular weight excluding hydrogens is 587 g/mol. The smallest absolute Gasteiger partial charge is 0.320 e. The van der Waals surface area contributed by atoms with Gasteiger partial charge in [0.25, 0.3) is 0 Å². The number of carbonyl (C=O) groups excluding carboxylic acids is 1. The Balaban J connectivity index is 1.46. The predicted octanol–water partition coefficient (Wildman–Crippen LogP) is 4.37. The van der Waals surface area contributed by atoms with Gasteiger partial charge >= 0.3 is 14.5 Å². The van der Waals surface area contributed by atoms with Gasteiger partial charge in [0, 0.05) is 4.47 Å². The number of nitrogens with zero attached hydrogens (tertiary/aromatic N) is 4. The van der Waals surface area contributed by atoms with E-state index in [0.717, 1.165) is 4.47 Å². The third-order valence-corrected chi connectivity index (χ3v) is 7.14. The van der Waals surface area contributed by atoms with Gasteiger partial charge in [0.1, 0.15) is 24.0 Å². The number of nitrogens with two attached hydrogens (primary N) is 1. The average Bonchev–Trinajstić information content (AvgIpc) is 3.46. The van der Waals surface area contributed by atoms with Crippen molar-refractivity contribution in [2.45, 2.75) is 44.6 Å². The highest BCUT2D eigenvalue weighted by Crippen LogP contribution is 2.42. The molecule has 2 unspecified atom stereocenters. The number of halogens is 2. The lowest BCUT2D eigenvalue weighted by Gasteiger charge is -2.26. The monoisotopic (exact) mass is 610 g/mol. The maximum atomic E-state index is 12.1. The van der Waals surface area contributed by atoms with Crippen molar-refractivity contribution in [3.8, 4) is 18.1 Å². The predicted molar refractivity (Wildman–Crippen MR) is 143 cm³/mol. The van der Waals surface area contributed by atoms with Crippen LogP contribution in [0.5, 0.6) is 5.75 Å². The number of carbonyl (C=O) groups is 1. The summed E-state index contributed by atoms with van der Waals surface area (Å²) in [6.45, 7) is 3.46. The number of hydrogen-bond acceptors (Lipinski definition) is 10. The number of nitrogens with one attached hydrogen (secondary N) is 1. The van der Waals surface area contributed by atoms with Crippen molar-refractivity contribution in [2.75, 3.05) is 18.9 Å². The number of terminal acetylenes is 1. The number of fused-ring (bicyclic) bond motifs is 1. The molecular formula is C23H25BrClN6O5P. The van der Waals surface area contributed by atoms with Crippen LogP contribution in [0.15, 0.2) is 35.1 Å². The quantitative estimate of drug-likeness (QED) is 0.147. The van der Waals surface area contributed by atoms with Crippen LogP contribution in [0.4, 0.5) is 5.82 Å². The molecule has 3 atom stereocenters. The summed E-state index contributed by atoms with van der Waals surface area (Å²) in [6.07, 6.45) is 7.82. The van der Waals surface area contributed by atoms with Crippen LogP contribution in [0, 0.1) is 12.3 Å². The van der Waals surface area contributed by atoms with Crippen LogP contribution >= 0.6 is 36.1 Å². The summed E-state index contributed by atoms with van der Waals surface area (Å²) in [5.41, 5.74) is 5.74. The first-order valence-corrected chi connectivity index (χ1v) is 13.6. The fourth-order valence-electron chi connectivity index (χ4n) is 3.60. The second-order valence-corrected chi connectivity index (χ2v) is 10.9. The number of rotatable bonds is 10. The number of esters is 1. The Morgan fingerprint density at radius 3 is 2.89 bits per heavy atom. The molecule has 1 aromatic carbocycles. The number of imidazole rings is 1. The molecule has 0 radical (unpaired) electrons. The molecule has 0 amide bonds. The number of hydrogen-bond donors (Lipinski definition) is 2. The van der Waals surface area contributed by atoms with Crippen LogP contribution in [0.1, 0.15) is 32.9 Å². The van der Waals surface area contributed by atoms with Crippen LogP contribution in [-0.2, 0) is 18.8 Å². The molecule has 4 rings (SSSR count). The molecule has 14 heteroatoms. The van der Waals surface area contributed by atoms with Crippen LogP contribution in [0.25, 0.3) is 11.2 Å². The molecule has 1 saturated heterocycles. The largest absolute Gasteiger partial charge is 0.462 e. The Morgan fingerprint density at radius 2 is 2.19 bits per heavy atom. The van der Waals surface area contributed by atoms with Gasteiger partial charge in [-0.3, -0.25) is 9.36 Å². The van der Waals surface area contributed by atoms with Gasteiger partial charge in [0.15, 0.2) is 17.1 Å². The van der Waals surface area contributed by atoms with E-state index in [4.69, 9.17) is 42.3 Å². The summed E-state index contributed by atoms with van der Waals surface area (Å²) >= 11 is 9.39. The van der Waals surface area contributed by atoms with E-state index in [1.54, 1.807) is 36.9 Å². The minimum absolute atomic E-state index is 0.00842. The van der Waals surface area contributed by atoms with Gasteiger partial charge in [-0.25, -0.2) is 10.1 Å². The summed E-state index contributed by atoms with van der Waals surface area (Å²) in [5.74, 6) is 3.02. The van der Waals surface area contributed by atoms with Gasteiger partial charge in [-0.1, -0.05) is 21.9 Å². The van der Waals surface area contributed by atoms with Crippen molar-refractivity contribution in [2.24, 2.45) is 0 Å². The average molecular weight is 612 g/mol. The standard InChI is InChI=1S/C23H25BrClN6O5P/c1-4-23(10-9-17(35-23)31-13-27-19-20(26)29-22(25)30-21(19)31)12-33-37(28-11-18(32)34-14(2)3)36-16-7-5-15(24)6-8-16/h1,5-8,13-14,17,28H,9-12H2,2-3H3,(H2,26,29,30)/t17?,23-,37?/m0/s1. The summed E-state index contributed by atoms with van der Waals surface area (Å²) in [6, 6.07) is 7.22. The number of anilines is 1. The summed E-state index contributed by atoms with van der Waals surface area (Å²) < 4.78 is 26.1. The molecule has 1 aliphatic rings. The molecule has 2 aromatic heterocycles. The van der Waals surface area contributed by atoms with Gasteiger partial charge in [-0.05, 0) is 62.6 Å². The van der Waals surface area contributed by atoms with Gasteiger partial charge in [0.05, 0.1) is 19.0 Å². The minimum Gasteiger partial charge on any atom is -0.462 e. The van der Waals surface area contributed by atoms with E-state index >= 15 is 0 Å². The molecule has 0 spiro atoms. The van der Waals surface area contributed by atoms with Crippen molar-refractivity contribution >= 4 is 59.0 Å². The van der Waals surface area contributed by atoms with E-state index < -0.39 is 26.3 Å². The van der Waals surface area contributed by atoms with E-state index in [0.29, 0.717) is 29.8 Å². The lowest BCUT2D eigenvalue weighted by Crippen LogP contribution is -2.34. The lowest BCUT2D eigenvalue weighted by atomic mass is 10.0. The molecule has 3 heterocycles. The summed E-state index contributed by atoms with van der Waals surface area (Å²) in [5, 5.41) is 2.99. The number of benzene rings is 1. The van der Waals surface area contributed by atoms with Crippen molar-refractivity contribution < 1.29 is 23.3 Å². The number of nitrogen functional groups attached to an aromatic ring is 1. The molecule has 3 N–H and O–H groups in total. The number of aromatic nitrogens is 4. The Kier molecular flexibility index (Phi) is 8.85. The highest BCUT2D eigenvalue weighted by Gasteiger charge is 2.41. The van der Waals surface area contributed by atoms with E-state index in [1.807, 2.05) is 12.1 Å². The second kappa shape index (κ2) is 11.9. The van der Waals surface area contributed by atoms with Crippen LogP contribution in [0.2, 0.25) is 5.28 Å². The molecule has 196 valence electrons. The van der Waals surface area contributed by atoms with Crippen molar-refractivity contribution in [3.63, 3.8) is 0 Å². The first-order chi connectivity index (χ1) is 17.7. The molecule has 11 nitrogen and oxygen atoms in total. The van der Waals surface area contributed by atoms with Crippen molar-refractivity contribution in [1.29, 1.82) is 0 Å². The van der Waals surface area contributed by atoms with Gasteiger partial charge in [0.2, 0.25) is 5.28 Å². The van der Waals surface area contributed by atoms with E-state index in [-0.39, 0.29) is 30.4 Å². The Labute approximate surface area is 228 Å². The second-order valence-electron chi connectivity index (χ2n) is 8.40. The third-order valence-electron chi connectivity index (χ3n) is 5.29. The maximum absolute atomic E-state index is 12.1. The highest BCUT2D eigenvalue weighted by atomic mass is 79.9. The van der Waals surface area contributed by atoms with Crippen LogP contribution < -0.4 is 15.3 Å². The molecule has 3 aromatic rings. The van der Waals surface area contributed by atoms with E-state index in [1.165, 1.54) is 0 Å². The maximum Gasteiger partial charge on any atom is 0.320 e. The molecule has 1 aliphatic heterocycles. The zero-order valence-corrected chi connectivity index (χ0v) is 23.3. The van der Waals surface area contributed by atoms with Crippen LogP contribution in [-0.4, -0.2) is 50.3 Å². The molecule has 37 heavy (non-hydrogen) atoms. The van der Waals surface area contributed by atoms with Crippen molar-refractivity contribution in [3.05, 3.63) is 40.3 Å². The zero-order chi connectivity index (χ0) is 26.6. The van der Waals surface area contributed by atoms with Crippen LogP contribution in [0.3, 0.4) is 0 Å². The van der Waals surface area contributed by atoms with Gasteiger partial charge in [-0.15, -0.1) is 6.42 Å². The molecule has 1 fully saturated rings. The molecule has 0 aliphatic carbocycles. The van der Waals surface area contributed by atoms with Gasteiger partial charge < -0.3 is 24.3 Å². The summed E-state index contributed by atoms with van der Waals surface area (Å²) in [7, 11) is -1.77. The molecule has 0 saturated carbocycles. The Bertz CT molecular complexity index is 1300. The lowest BCUT2D eigenvalue weighted by molar-refractivity contribution is -0.145. The molecule has 0 bridgehead atoms. The fraction of sp³-hybridized carbons (Fsp3) is 0.391. The zero-order valence-electron chi connectivity index (χ0n) is 20.1. The van der Waals surface area contributed by atoms with E-state index in [2.05, 4.69) is 41.9 Å². The number of ether oxygens (including phenoxy) is 2. The third kappa shape index (κ3) is 6.87. The first-order valence-electron chi connectivity index (χ1n) is 11.3. The van der Waals surface area contributed by atoms with Crippen molar-refractivity contribution in [1.82, 2.24) is 24.6 Å². The SMILES string of the molecule is C#C[C@@]1(COP(NCC(=O)OC(C)C)Oc2ccc(Br)cc2)CCC(n2cnc3c(N)nc(Cl)nc32)O1. The normalized spacial score (nSPS) is 20.2. The minimum atomic E-state index is -1.77. The van der Waals surface area contributed by atoms with E-state index in [9.17, 15) is 4.79 Å². The first kappa shape index (κ1) is 27.5.